The van der Waals surface area contributed by atoms with Gasteiger partial charge in [0.25, 0.3) is 0 Å². The van der Waals surface area contributed by atoms with Gasteiger partial charge >= 0.3 is 0 Å². The predicted octanol–water partition coefficient (Wildman–Crippen LogP) is 6.12. The normalized spacial score (nSPS) is 11.8. The summed E-state index contributed by atoms with van der Waals surface area (Å²) in [6, 6.07) is 5.52. The molecule has 0 saturated carbocycles. The van der Waals surface area contributed by atoms with Gasteiger partial charge in [-0.2, -0.15) is 0 Å². The molecule has 0 N–H and O–H groups in total. The Morgan fingerprint density at radius 2 is 1.80 bits per heavy atom. The fourth-order valence-corrected chi connectivity index (χ4v) is 3.79. The molecule has 1 heterocycles. The maximum absolute atomic E-state index is 6.26. The fraction of sp³-hybridized carbons (Fsp3) is 0.286. The Morgan fingerprint density at radius 1 is 1.15 bits per heavy atom. The number of hydrogen-bond donors (Lipinski definition) is 0. The van der Waals surface area contributed by atoms with Crippen molar-refractivity contribution in [3.05, 3.63) is 42.1 Å². The summed E-state index contributed by atoms with van der Waals surface area (Å²) in [5.74, 6) is 0.601. The summed E-state index contributed by atoms with van der Waals surface area (Å²) < 4.78 is 1.74. The Bertz CT molecular complexity index is 669. The fourth-order valence-electron chi connectivity index (χ4n) is 1.71. The van der Waals surface area contributed by atoms with E-state index in [0.717, 1.165) is 19.3 Å². The van der Waals surface area contributed by atoms with Crippen molar-refractivity contribution in [3.8, 4) is 11.4 Å². The monoisotopic (exact) mass is 484 g/mol. The molecule has 2 rings (SSSR count). The van der Waals surface area contributed by atoms with Gasteiger partial charge in [-0.25, -0.2) is 9.97 Å². The number of benzene rings is 1. The molecule has 0 bridgehead atoms. The molecule has 0 fully saturated rings. The van der Waals surface area contributed by atoms with E-state index >= 15 is 0 Å². The molecule has 20 heavy (non-hydrogen) atoms. The van der Waals surface area contributed by atoms with Crippen LogP contribution in [0.3, 0.4) is 0 Å². The van der Waals surface area contributed by atoms with E-state index in [-0.39, 0.29) is 5.41 Å². The second-order valence-corrected chi connectivity index (χ2v) is 8.10. The van der Waals surface area contributed by atoms with Gasteiger partial charge in [-0.1, -0.05) is 44.0 Å². The van der Waals surface area contributed by atoms with E-state index in [4.69, 9.17) is 23.2 Å². The number of aromatic nitrogens is 2. The first kappa shape index (κ1) is 16.5. The molecular formula is C14H12BrCl2IN2. The van der Waals surface area contributed by atoms with E-state index in [2.05, 4.69) is 69.3 Å². The lowest BCUT2D eigenvalue weighted by atomic mass is 9.92. The summed E-state index contributed by atoms with van der Waals surface area (Å²) in [5.41, 5.74) is 1.71. The lowest BCUT2D eigenvalue weighted by Crippen LogP contribution is -2.17. The largest absolute Gasteiger partial charge is 0.231 e. The van der Waals surface area contributed by atoms with Crippen molar-refractivity contribution in [2.45, 2.75) is 26.2 Å². The van der Waals surface area contributed by atoms with Crippen molar-refractivity contribution in [3.63, 3.8) is 0 Å². The molecule has 0 unspecified atom stereocenters. The minimum absolute atomic E-state index is 0.100. The van der Waals surface area contributed by atoms with E-state index in [9.17, 15) is 0 Å². The highest BCUT2D eigenvalue weighted by atomic mass is 127. The first-order chi connectivity index (χ1) is 9.20. The van der Waals surface area contributed by atoms with Crippen molar-refractivity contribution in [1.82, 2.24) is 9.97 Å². The van der Waals surface area contributed by atoms with Gasteiger partial charge in [0.05, 0.1) is 9.26 Å². The molecular weight excluding hydrogens is 474 g/mol. The van der Waals surface area contributed by atoms with Crippen molar-refractivity contribution in [2.24, 2.45) is 0 Å². The molecule has 0 aliphatic heterocycles. The summed E-state index contributed by atoms with van der Waals surface area (Å²) in [5, 5.41) is 1.13. The van der Waals surface area contributed by atoms with E-state index in [1.807, 2.05) is 18.2 Å². The van der Waals surface area contributed by atoms with Gasteiger partial charge in [-0.15, -0.1) is 0 Å². The summed E-state index contributed by atoms with van der Waals surface area (Å²) in [4.78, 5) is 9.07. The molecule has 0 amide bonds. The van der Waals surface area contributed by atoms with Crippen molar-refractivity contribution in [1.29, 1.82) is 0 Å². The van der Waals surface area contributed by atoms with Crippen LogP contribution in [0.5, 0.6) is 0 Å². The Morgan fingerprint density at radius 3 is 2.35 bits per heavy atom. The number of hydrogen-bond acceptors (Lipinski definition) is 2. The van der Waals surface area contributed by atoms with E-state index < -0.39 is 0 Å². The molecule has 1 aromatic carbocycles. The molecule has 106 valence electrons. The van der Waals surface area contributed by atoms with Gasteiger partial charge in [0.15, 0.2) is 5.82 Å². The maximum Gasteiger partial charge on any atom is 0.162 e. The SMILES string of the molecule is CC(C)(C)c1nc(-c2ccc(Cl)cc2Br)nc(Cl)c1I. The smallest absolute Gasteiger partial charge is 0.162 e. The van der Waals surface area contributed by atoms with E-state index in [0.29, 0.717) is 16.0 Å². The van der Waals surface area contributed by atoms with Crippen LogP contribution in [-0.4, -0.2) is 9.97 Å². The molecule has 0 spiro atoms. The van der Waals surface area contributed by atoms with Crippen LogP contribution in [0.15, 0.2) is 22.7 Å². The predicted molar refractivity (Wildman–Crippen MR) is 96.6 cm³/mol. The molecule has 0 atom stereocenters. The molecule has 0 saturated heterocycles. The molecule has 2 aromatic rings. The summed E-state index contributed by atoms with van der Waals surface area (Å²) in [6.45, 7) is 6.32. The van der Waals surface area contributed by atoms with Crippen LogP contribution in [0.25, 0.3) is 11.4 Å². The molecule has 1 aromatic heterocycles. The Kier molecular flexibility index (Phi) is 4.99. The first-order valence-electron chi connectivity index (χ1n) is 5.89. The first-order valence-corrected chi connectivity index (χ1v) is 8.52. The Balaban J connectivity index is 2.67. The second-order valence-electron chi connectivity index (χ2n) is 5.37. The summed E-state index contributed by atoms with van der Waals surface area (Å²) in [7, 11) is 0. The van der Waals surface area contributed by atoms with Crippen LogP contribution < -0.4 is 0 Å². The zero-order chi connectivity index (χ0) is 15.1. The topological polar surface area (TPSA) is 25.8 Å². The number of halogens is 4. The molecule has 6 heteroatoms. The highest BCUT2D eigenvalue weighted by Crippen LogP contribution is 2.34. The van der Waals surface area contributed by atoms with Gasteiger partial charge in [0.2, 0.25) is 0 Å². The van der Waals surface area contributed by atoms with Gasteiger partial charge in [0.1, 0.15) is 5.15 Å². The third kappa shape index (κ3) is 3.46. The molecule has 2 nitrogen and oxygen atoms in total. The zero-order valence-electron chi connectivity index (χ0n) is 11.1. The maximum atomic E-state index is 6.26. The van der Waals surface area contributed by atoms with Gasteiger partial charge in [-0.05, 0) is 56.7 Å². The van der Waals surface area contributed by atoms with Crippen LogP contribution in [0, 0.1) is 3.57 Å². The molecule has 0 aliphatic rings. The van der Waals surface area contributed by atoms with Crippen molar-refractivity contribution < 1.29 is 0 Å². The van der Waals surface area contributed by atoms with Gasteiger partial charge in [0, 0.05) is 20.5 Å². The van der Waals surface area contributed by atoms with Crippen molar-refractivity contribution >= 4 is 61.7 Å². The Labute approximate surface area is 150 Å². The van der Waals surface area contributed by atoms with E-state index in [1.54, 1.807) is 0 Å². The summed E-state index contributed by atoms with van der Waals surface area (Å²) in [6.07, 6.45) is 0. The Hall–Kier alpha value is 0.0900. The zero-order valence-corrected chi connectivity index (χ0v) is 16.4. The lowest BCUT2D eigenvalue weighted by molar-refractivity contribution is 0.563. The van der Waals surface area contributed by atoms with Crippen LogP contribution in [0.2, 0.25) is 10.2 Å². The minimum Gasteiger partial charge on any atom is -0.231 e. The third-order valence-corrected chi connectivity index (χ3v) is 5.20. The summed E-state index contributed by atoms with van der Waals surface area (Å²) >= 11 is 17.9. The van der Waals surface area contributed by atoms with Gasteiger partial charge in [-0.3, -0.25) is 0 Å². The van der Waals surface area contributed by atoms with Crippen LogP contribution in [0.1, 0.15) is 26.5 Å². The van der Waals surface area contributed by atoms with Gasteiger partial charge < -0.3 is 0 Å². The average molecular weight is 486 g/mol. The third-order valence-electron chi connectivity index (χ3n) is 2.69. The number of rotatable bonds is 1. The van der Waals surface area contributed by atoms with Crippen LogP contribution >= 0.6 is 61.7 Å². The standard InChI is InChI=1S/C14H12BrCl2IN2/c1-14(2,3)11-10(18)12(17)20-13(19-11)8-5-4-7(16)6-9(8)15/h4-6H,1-3H3. The minimum atomic E-state index is -0.100. The number of nitrogens with zero attached hydrogens (tertiary/aromatic N) is 2. The molecule has 0 radical (unpaired) electrons. The highest BCUT2D eigenvalue weighted by Gasteiger charge is 2.23. The van der Waals surface area contributed by atoms with Crippen LogP contribution in [0.4, 0.5) is 0 Å². The molecule has 0 aliphatic carbocycles. The highest BCUT2D eigenvalue weighted by molar-refractivity contribution is 14.1. The lowest BCUT2D eigenvalue weighted by Gasteiger charge is -2.20. The second kappa shape index (κ2) is 6.07. The average Bonchev–Trinajstić information content (AvgIpc) is 2.31. The quantitative estimate of drug-likeness (QED) is 0.359. The van der Waals surface area contributed by atoms with Crippen LogP contribution in [-0.2, 0) is 5.41 Å². The van der Waals surface area contributed by atoms with E-state index in [1.165, 1.54) is 0 Å². The van der Waals surface area contributed by atoms with Crippen molar-refractivity contribution in [2.75, 3.05) is 0 Å².